The summed E-state index contributed by atoms with van der Waals surface area (Å²) in [5.74, 6) is -1.07. The van der Waals surface area contributed by atoms with Crippen LogP contribution in [-0.4, -0.2) is 34.3 Å². The van der Waals surface area contributed by atoms with Crippen molar-refractivity contribution >= 4 is 17.8 Å². The van der Waals surface area contributed by atoms with Crippen LogP contribution in [0.2, 0.25) is 0 Å². The van der Waals surface area contributed by atoms with E-state index in [4.69, 9.17) is 5.11 Å². The average molecular weight is 253 g/mol. The van der Waals surface area contributed by atoms with E-state index < -0.39 is 5.97 Å². The van der Waals surface area contributed by atoms with Crippen molar-refractivity contribution in [3.8, 4) is 0 Å². The molecule has 1 saturated carbocycles. The molecule has 100 valence electrons. The first-order valence-electron chi connectivity index (χ1n) is 6.68. The molecule has 0 radical (unpaired) electrons. The van der Waals surface area contributed by atoms with Crippen LogP contribution in [0.25, 0.3) is 0 Å². The van der Waals surface area contributed by atoms with E-state index in [2.05, 4.69) is 0 Å². The Labute approximate surface area is 106 Å². The van der Waals surface area contributed by atoms with Crippen molar-refractivity contribution in [2.45, 2.75) is 44.9 Å². The number of hydrogen-bond donors (Lipinski definition) is 1. The van der Waals surface area contributed by atoms with E-state index in [0.717, 1.165) is 25.7 Å². The first-order valence-corrected chi connectivity index (χ1v) is 6.68. The van der Waals surface area contributed by atoms with Gasteiger partial charge in [-0.05, 0) is 25.7 Å². The number of carboxylic acids is 1. The second kappa shape index (κ2) is 5.50. The number of rotatable bonds is 5. The van der Waals surface area contributed by atoms with Crippen molar-refractivity contribution in [2.24, 2.45) is 11.8 Å². The standard InChI is InChI=1S/C13H19NO4/c15-11(16)7-3-4-8-14-12(17)9-5-1-2-6-10(9)13(14)18/h9-10H,1-8H2,(H,15,16). The van der Waals surface area contributed by atoms with E-state index in [0.29, 0.717) is 19.4 Å². The Morgan fingerprint density at radius 1 is 1.11 bits per heavy atom. The van der Waals surface area contributed by atoms with Gasteiger partial charge in [-0.25, -0.2) is 0 Å². The topological polar surface area (TPSA) is 74.7 Å². The van der Waals surface area contributed by atoms with Gasteiger partial charge in [-0.15, -0.1) is 0 Å². The number of hydrogen-bond acceptors (Lipinski definition) is 3. The molecular formula is C13H19NO4. The minimum atomic E-state index is -0.831. The molecule has 1 saturated heterocycles. The highest BCUT2D eigenvalue weighted by atomic mass is 16.4. The molecule has 2 fully saturated rings. The first kappa shape index (κ1) is 13.1. The Morgan fingerprint density at radius 2 is 1.67 bits per heavy atom. The molecule has 2 amide bonds. The summed E-state index contributed by atoms with van der Waals surface area (Å²) in [6.45, 7) is 0.387. The van der Waals surface area contributed by atoms with Gasteiger partial charge in [0.15, 0.2) is 0 Å². The number of carbonyl (C=O) groups excluding carboxylic acids is 2. The molecule has 5 heteroatoms. The van der Waals surface area contributed by atoms with Gasteiger partial charge in [0.2, 0.25) is 11.8 Å². The van der Waals surface area contributed by atoms with E-state index in [1.165, 1.54) is 4.90 Å². The fraction of sp³-hybridized carbons (Fsp3) is 0.769. The molecule has 2 aliphatic rings. The first-order chi connectivity index (χ1) is 8.61. The van der Waals surface area contributed by atoms with Gasteiger partial charge >= 0.3 is 5.97 Å². The third-order valence-electron chi connectivity index (χ3n) is 3.95. The van der Waals surface area contributed by atoms with Crippen LogP contribution in [-0.2, 0) is 14.4 Å². The zero-order chi connectivity index (χ0) is 13.1. The quantitative estimate of drug-likeness (QED) is 0.594. The fourth-order valence-electron chi connectivity index (χ4n) is 3.00. The summed E-state index contributed by atoms with van der Waals surface area (Å²) in [5, 5.41) is 8.53. The SMILES string of the molecule is O=C(O)CCCCN1C(=O)C2CCCCC2C1=O. The highest BCUT2D eigenvalue weighted by Gasteiger charge is 2.47. The molecule has 2 rings (SSSR count). The van der Waals surface area contributed by atoms with E-state index >= 15 is 0 Å². The predicted octanol–water partition coefficient (Wildman–Crippen LogP) is 1.42. The van der Waals surface area contributed by atoms with Gasteiger partial charge in [0, 0.05) is 13.0 Å². The van der Waals surface area contributed by atoms with Gasteiger partial charge < -0.3 is 5.11 Å². The highest BCUT2D eigenvalue weighted by Crippen LogP contribution is 2.37. The number of likely N-dealkylation sites (tertiary alicyclic amines) is 1. The molecule has 2 unspecified atom stereocenters. The summed E-state index contributed by atoms with van der Waals surface area (Å²) in [6, 6.07) is 0. The number of imide groups is 1. The molecule has 5 nitrogen and oxygen atoms in total. The molecule has 1 aliphatic carbocycles. The molecule has 1 heterocycles. The lowest BCUT2D eigenvalue weighted by Crippen LogP contribution is -2.32. The molecule has 0 aromatic rings. The Bertz CT molecular complexity index is 342. The minimum absolute atomic E-state index is 0.0278. The van der Waals surface area contributed by atoms with Gasteiger partial charge in [-0.1, -0.05) is 12.8 Å². The number of fused-ring (bicyclic) bond motifs is 1. The van der Waals surface area contributed by atoms with Crippen LogP contribution in [0.4, 0.5) is 0 Å². The van der Waals surface area contributed by atoms with E-state index in [-0.39, 0.29) is 30.1 Å². The summed E-state index contributed by atoms with van der Waals surface area (Å²) in [4.78, 5) is 35.9. The van der Waals surface area contributed by atoms with Crippen LogP contribution in [0.3, 0.4) is 0 Å². The van der Waals surface area contributed by atoms with Crippen LogP contribution in [0.15, 0.2) is 0 Å². The Hall–Kier alpha value is -1.39. The van der Waals surface area contributed by atoms with Crippen LogP contribution in [0, 0.1) is 11.8 Å². The molecule has 2 atom stereocenters. The van der Waals surface area contributed by atoms with Gasteiger partial charge in [0.25, 0.3) is 0 Å². The Balaban J connectivity index is 1.87. The van der Waals surface area contributed by atoms with E-state index in [9.17, 15) is 14.4 Å². The number of unbranched alkanes of at least 4 members (excludes halogenated alkanes) is 1. The summed E-state index contributed by atoms with van der Waals surface area (Å²) < 4.78 is 0. The Kier molecular flexibility index (Phi) is 3.99. The van der Waals surface area contributed by atoms with Crippen LogP contribution < -0.4 is 0 Å². The third kappa shape index (κ3) is 2.54. The van der Waals surface area contributed by atoms with Crippen molar-refractivity contribution in [3.63, 3.8) is 0 Å². The monoisotopic (exact) mass is 253 g/mol. The van der Waals surface area contributed by atoms with Crippen LogP contribution >= 0.6 is 0 Å². The van der Waals surface area contributed by atoms with Crippen molar-refractivity contribution in [1.82, 2.24) is 4.90 Å². The molecule has 0 aromatic carbocycles. The van der Waals surface area contributed by atoms with Crippen molar-refractivity contribution < 1.29 is 19.5 Å². The lowest BCUT2D eigenvalue weighted by atomic mass is 9.81. The maximum absolute atomic E-state index is 12.1. The molecule has 0 aromatic heterocycles. The minimum Gasteiger partial charge on any atom is -0.481 e. The summed E-state index contributed by atoms with van der Waals surface area (Å²) in [6.07, 6.45) is 4.94. The predicted molar refractivity (Wildman–Crippen MR) is 63.7 cm³/mol. The smallest absolute Gasteiger partial charge is 0.303 e. The maximum atomic E-state index is 12.1. The third-order valence-corrected chi connectivity index (χ3v) is 3.95. The molecule has 0 bridgehead atoms. The van der Waals surface area contributed by atoms with Crippen LogP contribution in [0.1, 0.15) is 44.9 Å². The van der Waals surface area contributed by atoms with Gasteiger partial charge in [-0.3, -0.25) is 19.3 Å². The molecule has 18 heavy (non-hydrogen) atoms. The lowest BCUT2D eigenvalue weighted by molar-refractivity contribution is -0.140. The van der Waals surface area contributed by atoms with Gasteiger partial charge in [-0.2, -0.15) is 0 Å². The van der Waals surface area contributed by atoms with Crippen LogP contribution in [0.5, 0.6) is 0 Å². The summed E-state index contributed by atoms with van der Waals surface area (Å²) >= 11 is 0. The molecule has 1 aliphatic heterocycles. The second-order valence-corrected chi connectivity index (χ2v) is 5.18. The largest absolute Gasteiger partial charge is 0.481 e. The molecule has 0 spiro atoms. The van der Waals surface area contributed by atoms with Gasteiger partial charge in [0.05, 0.1) is 11.8 Å². The van der Waals surface area contributed by atoms with Crippen molar-refractivity contribution in [1.29, 1.82) is 0 Å². The number of nitrogens with zero attached hydrogens (tertiary/aromatic N) is 1. The van der Waals surface area contributed by atoms with Gasteiger partial charge in [0.1, 0.15) is 0 Å². The zero-order valence-electron chi connectivity index (χ0n) is 10.4. The number of aliphatic carboxylic acids is 1. The summed E-state index contributed by atoms with van der Waals surface area (Å²) in [5.41, 5.74) is 0. The average Bonchev–Trinajstić information content (AvgIpc) is 2.59. The normalized spacial score (nSPS) is 27.4. The van der Waals surface area contributed by atoms with E-state index in [1.807, 2.05) is 0 Å². The van der Waals surface area contributed by atoms with E-state index in [1.54, 1.807) is 0 Å². The van der Waals surface area contributed by atoms with Crippen molar-refractivity contribution in [2.75, 3.05) is 6.54 Å². The zero-order valence-corrected chi connectivity index (χ0v) is 10.4. The maximum Gasteiger partial charge on any atom is 0.303 e. The Morgan fingerprint density at radius 3 is 2.17 bits per heavy atom. The lowest BCUT2D eigenvalue weighted by Gasteiger charge is -2.19. The molecular weight excluding hydrogens is 234 g/mol. The molecule has 1 N–H and O–H groups in total. The fourth-order valence-corrected chi connectivity index (χ4v) is 3.00. The second-order valence-electron chi connectivity index (χ2n) is 5.18. The number of amides is 2. The highest BCUT2D eigenvalue weighted by molar-refractivity contribution is 6.05. The van der Waals surface area contributed by atoms with Crippen molar-refractivity contribution in [3.05, 3.63) is 0 Å². The number of carbonyl (C=O) groups is 3. The number of carboxylic acid groups (broad SMARTS) is 1. The summed E-state index contributed by atoms with van der Waals surface area (Å²) in [7, 11) is 0.